The van der Waals surface area contributed by atoms with E-state index in [9.17, 15) is 9.18 Å². The highest BCUT2D eigenvalue weighted by molar-refractivity contribution is 9.10. The highest BCUT2D eigenvalue weighted by Crippen LogP contribution is 2.33. The smallest absolute Gasteiger partial charge is 0.410 e. The van der Waals surface area contributed by atoms with E-state index in [1.165, 1.54) is 6.07 Å². The molecular formula is C17H23BrFNO3. The Kier molecular flexibility index (Phi) is 5.68. The Hall–Kier alpha value is -1.14. The summed E-state index contributed by atoms with van der Waals surface area (Å²) in [5.74, 6) is -0.330. The Balaban J connectivity index is 2.11. The average Bonchev–Trinajstić information content (AvgIpc) is 2.45. The molecule has 0 spiro atoms. The summed E-state index contributed by atoms with van der Waals surface area (Å²) >= 11 is 3.27. The van der Waals surface area contributed by atoms with Gasteiger partial charge in [-0.2, -0.15) is 0 Å². The zero-order valence-electron chi connectivity index (χ0n) is 13.9. The molecule has 1 aliphatic heterocycles. The molecule has 1 saturated heterocycles. The van der Waals surface area contributed by atoms with Crippen molar-refractivity contribution in [1.29, 1.82) is 0 Å². The Bertz CT molecular complexity index is 573. The first kappa shape index (κ1) is 18.2. The Labute approximate surface area is 145 Å². The molecular weight excluding hydrogens is 365 g/mol. The zero-order chi connectivity index (χ0) is 17.2. The van der Waals surface area contributed by atoms with E-state index in [1.54, 1.807) is 18.1 Å². The van der Waals surface area contributed by atoms with Crippen LogP contribution in [0.15, 0.2) is 22.7 Å². The summed E-state index contributed by atoms with van der Waals surface area (Å²) in [5, 5.41) is 0. The fourth-order valence-electron chi connectivity index (χ4n) is 2.81. The van der Waals surface area contributed by atoms with Crippen LogP contribution >= 0.6 is 15.9 Å². The Morgan fingerprint density at radius 2 is 2.09 bits per heavy atom. The number of amides is 1. The van der Waals surface area contributed by atoms with Crippen molar-refractivity contribution in [2.24, 2.45) is 0 Å². The van der Waals surface area contributed by atoms with Crippen molar-refractivity contribution < 1.29 is 18.7 Å². The van der Waals surface area contributed by atoms with Crippen molar-refractivity contribution in [3.63, 3.8) is 0 Å². The van der Waals surface area contributed by atoms with Gasteiger partial charge < -0.3 is 14.4 Å². The van der Waals surface area contributed by atoms with Crippen LogP contribution in [0.2, 0.25) is 0 Å². The first-order valence-corrected chi connectivity index (χ1v) is 8.46. The number of methoxy groups -OCH3 is 1. The minimum absolute atomic E-state index is 0.0770. The monoisotopic (exact) mass is 387 g/mol. The number of rotatable bonds is 2. The first-order chi connectivity index (χ1) is 10.7. The third-order valence-corrected chi connectivity index (χ3v) is 4.37. The maximum Gasteiger partial charge on any atom is 0.410 e. The average molecular weight is 388 g/mol. The van der Waals surface area contributed by atoms with Crippen LogP contribution in [0.3, 0.4) is 0 Å². The summed E-state index contributed by atoms with van der Waals surface area (Å²) in [7, 11) is 1.59. The second-order valence-corrected chi connectivity index (χ2v) is 7.68. The van der Waals surface area contributed by atoms with Gasteiger partial charge in [-0.3, -0.25) is 0 Å². The third kappa shape index (κ3) is 4.67. The molecule has 0 saturated carbocycles. The lowest BCUT2D eigenvalue weighted by Crippen LogP contribution is -2.48. The van der Waals surface area contributed by atoms with E-state index in [1.807, 2.05) is 26.8 Å². The van der Waals surface area contributed by atoms with Gasteiger partial charge in [0.1, 0.15) is 11.4 Å². The molecule has 1 aromatic rings. The van der Waals surface area contributed by atoms with Crippen molar-refractivity contribution >= 4 is 22.0 Å². The van der Waals surface area contributed by atoms with Crippen LogP contribution in [0.25, 0.3) is 0 Å². The molecule has 0 aliphatic carbocycles. The van der Waals surface area contributed by atoms with Crippen LogP contribution in [0, 0.1) is 5.82 Å². The maximum atomic E-state index is 14.2. The van der Waals surface area contributed by atoms with Gasteiger partial charge in [0.05, 0.1) is 12.6 Å². The van der Waals surface area contributed by atoms with Crippen molar-refractivity contribution in [3.05, 3.63) is 34.1 Å². The lowest BCUT2D eigenvalue weighted by atomic mass is 9.86. The van der Waals surface area contributed by atoms with Crippen LogP contribution < -0.4 is 0 Å². The number of benzene rings is 1. The number of hydrogen-bond donors (Lipinski definition) is 0. The van der Waals surface area contributed by atoms with Gasteiger partial charge in [-0.1, -0.05) is 22.0 Å². The molecule has 0 unspecified atom stereocenters. The van der Waals surface area contributed by atoms with Gasteiger partial charge >= 0.3 is 6.09 Å². The fourth-order valence-corrected chi connectivity index (χ4v) is 3.14. The fraction of sp³-hybridized carbons (Fsp3) is 0.588. The van der Waals surface area contributed by atoms with E-state index in [4.69, 9.17) is 9.47 Å². The van der Waals surface area contributed by atoms with Crippen LogP contribution in [-0.4, -0.2) is 42.9 Å². The highest BCUT2D eigenvalue weighted by atomic mass is 79.9. The number of nitrogens with zero attached hydrogens (tertiary/aromatic N) is 1. The molecule has 0 N–H and O–H groups in total. The third-order valence-electron chi connectivity index (χ3n) is 3.88. The molecule has 128 valence electrons. The van der Waals surface area contributed by atoms with Crippen LogP contribution in [0.4, 0.5) is 9.18 Å². The summed E-state index contributed by atoms with van der Waals surface area (Å²) in [5.41, 5.74) is 0.0952. The lowest BCUT2D eigenvalue weighted by molar-refractivity contribution is -0.0143. The van der Waals surface area contributed by atoms with E-state index >= 15 is 0 Å². The van der Waals surface area contributed by atoms with Gasteiger partial charge in [0, 0.05) is 24.0 Å². The molecule has 23 heavy (non-hydrogen) atoms. The quantitative estimate of drug-likeness (QED) is 0.757. The van der Waals surface area contributed by atoms with Crippen molar-refractivity contribution in [2.75, 3.05) is 20.2 Å². The SMILES string of the molecule is CO[C@@H]1CN(C(=O)OC(C)(C)C)CC[C@H]1c1ccc(Br)cc1F. The van der Waals surface area contributed by atoms with Gasteiger partial charge in [0.15, 0.2) is 0 Å². The molecule has 0 bridgehead atoms. The molecule has 1 fully saturated rings. The maximum absolute atomic E-state index is 14.2. The van der Waals surface area contributed by atoms with Gasteiger partial charge in [-0.25, -0.2) is 9.18 Å². The molecule has 1 aromatic carbocycles. The van der Waals surface area contributed by atoms with Crippen LogP contribution in [0.1, 0.15) is 38.7 Å². The first-order valence-electron chi connectivity index (χ1n) is 7.67. The molecule has 1 aliphatic rings. The lowest BCUT2D eigenvalue weighted by Gasteiger charge is -2.38. The molecule has 0 aromatic heterocycles. The van der Waals surface area contributed by atoms with E-state index in [0.717, 1.165) is 0 Å². The molecule has 4 nitrogen and oxygen atoms in total. The number of likely N-dealkylation sites (tertiary alicyclic amines) is 1. The van der Waals surface area contributed by atoms with Crippen molar-refractivity contribution in [2.45, 2.75) is 44.8 Å². The molecule has 6 heteroatoms. The predicted molar refractivity (Wildman–Crippen MR) is 90.1 cm³/mol. The summed E-state index contributed by atoms with van der Waals surface area (Å²) in [6, 6.07) is 5.06. The van der Waals surface area contributed by atoms with E-state index in [2.05, 4.69) is 15.9 Å². The summed E-state index contributed by atoms with van der Waals surface area (Å²) < 4.78 is 25.9. The minimum Gasteiger partial charge on any atom is -0.444 e. The number of halogens is 2. The normalized spacial score (nSPS) is 22.1. The second-order valence-electron chi connectivity index (χ2n) is 6.76. The summed E-state index contributed by atoms with van der Waals surface area (Å²) in [6.45, 7) is 6.43. The van der Waals surface area contributed by atoms with Gasteiger partial charge in [0.2, 0.25) is 0 Å². The molecule has 2 atom stereocenters. The largest absolute Gasteiger partial charge is 0.444 e. The topological polar surface area (TPSA) is 38.8 Å². The van der Waals surface area contributed by atoms with Crippen molar-refractivity contribution in [1.82, 2.24) is 4.90 Å². The standard InChI is InChI=1S/C17H23BrFNO3/c1-17(2,3)23-16(21)20-8-7-13(15(10-20)22-4)12-6-5-11(18)9-14(12)19/h5-6,9,13,15H,7-8,10H2,1-4H3/t13-,15+/m0/s1. The minimum atomic E-state index is -0.533. The van der Waals surface area contributed by atoms with Crippen molar-refractivity contribution in [3.8, 4) is 0 Å². The number of hydrogen-bond acceptors (Lipinski definition) is 3. The number of carbonyl (C=O) groups excluding carboxylic acids is 1. The van der Waals surface area contributed by atoms with Crippen LogP contribution in [0.5, 0.6) is 0 Å². The van der Waals surface area contributed by atoms with Gasteiger partial charge in [-0.05, 0) is 44.9 Å². The van der Waals surface area contributed by atoms with E-state index in [0.29, 0.717) is 29.5 Å². The molecule has 0 radical (unpaired) electrons. The van der Waals surface area contributed by atoms with Gasteiger partial charge in [-0.15, -0.1) is 0 Å². The molecule has 1 amide bonds. The Morgan fingerprint density at radius 1 is 1.39 bits per heavy atom. The highest BCUT2D eigenvalue weighted by Gasteiger charge is 2.35. The molecule has 1 heterocycles. The van der Waals surface area contributed by atoms with Gasteiger partial charge in [0.25, 0.3) is 0 Å². The summed E-state index contributed by atoms with van der Waals surface area (Å²) in [6.07, 6.45) is 0.0252. The number of ether oxygens (including phenoxy) is 2. The van der Waals surface area contributed by atoms with E-state index < -0.39 is 5.60 Å². The Morgan fingerprint density at radius 3 is 2.65 bits per heavy atom. The predicted octanol–water partition coefficient (Wildman–Crippen LogP) is 4.33. The molecule has 2 rings (SSSR count). The number of carbonyl (C=O) groups is 1. The van der Waals surface area contributed by atoms with E-state index in [-0.39, 0.29) is 23.9 Å². The zero-order valence-corrected chi connectivity index (χ0v) is 15.5. The summed E-state index contributed by atoms with van der Waals surface area (Å²) in [4.78, 5) is 13.8. The number of piperidine rings is 1. The second kappa shape index (κ2) is 7.18. The van der Waals surface area contributed by atoms with Crippen LogP contribution in [-0.2, 0) is 9.47 Å².